The van der Waals surface area contributed by atoms with Crippen molar-refractivity contribution in [3.63, 3.8) is 0 Å². The number of hydrogen-bond donors (Lipinski definition) is 2. The molecule has 2 nitrogen and oxygen atoms in total. The minimum atomic E-state index is -0.524. The summed E-state index contributed by atoms with van der Waals surface area (Å²) in [5, 5.41) is 12.4. The van der Waals surface area contributed by atoms with Gasteiger partial charge in [0.1, 0.15) is 17.4 Å². The van der Waals surface area contributed by atoms with Gasteiger partial charge in [0.2, 0.25) is 0 Å². The molecule has 2 rings (SSSR count). The monoisotopic (exact) mass is 269 g/mol. The zero-order valence-corrected chi connectivity index (χ0v) is 10.0. The maximum Gasteiger partial charge on any atom is 0.127 e. The Hall–Kier alpha value is -1.81. The SMILES string of the molecule is Oc1cc(F)cc(CNc2cc(F)cc(Cl)c2)c1. The van der Waals surface area contributed by atoms with Gasteiger partial charge in [-0.25, -0.2) is 8.78 Å². The van der Waals surface area contributed by atoms with Gasteiger partial charge in [-0.15, -0.1) is 0 Å². The van der Waals surface area contributed by atoms with Crippen LogP contribution in [0.4, 0.5) is 14.5 Å². The Morgan fingerprint density at radius 2 is 1.72 bits per heavy atom. The Kier molecular flexibility index (Phi) is 3.67. The zero-order chi connectivity index (χ0) is 13.1. The average molecular weight is 270 g/mol. The lowest BCUT2D eigenvalue weighted by molar-refractivity contribution is 0.468. The average Bonchev–Trinajstić information content (AvgIpc) is 2.23. The number of aromatic hydroxyl groups is 1. The van der Waals surface area contributed by atoms with Crippen molar-refractivity contribution in [2.24, 2.45) is 0 Å². The third-order valence-electron chi connectivity index (χ3n) is 2.30. The summed E-state index contributed by atoms with van der Waals surface area (Å²) >= 11 is 5.70. The van der Waals surface area contributed by atoms with Crippen molar-refractivity contribution >= 4 is 17.3 Å². The van der Waals surface area contributed by atoms with Gasteiger partial charge in [-0.1, -0.05) is 11.6 Å². The van der Waals surface area contributed by atoms with Crippen LogP contribution < -0.4 is 5.32 Å². The highest BCUT2D eigenvalue weighted by Gasteiger charge is 2.02. The summed E-state index contributed by atoms with van der Waals surface area (Å²) in [7, 11) is 0. The first-order chi connectivity index (χ1) is 8.52. The van der Waals surface area contributed by atoms with Gasteiger partial charge in [0.25, 0.3) is 0 Å². The smallest absolute Gasteiger partial charge is 0.127 e. The second kappa shape index (κ2) is 5.23. The second-order valence-corrected chi connectivity index (χ2v) is 4.27. The highest BCUT2D eigenvalue weighted by atomic mass is 35.5. The molecule has 0 bridgehead atoms. The fourth-order valence-electron chi connectivity index (χ4n) is 1.60. The summed E-state index contributed by atoms with van der Waals surface area (Å²) in [6.45, 7) is 0.255. The molecule has 94 valence electrons. The van der Waals surface area contributed by atoms with Crippen molar-refractivity contribution in [1.82, 2.24) is 0 Å². The lowest BCUT2D eigenvalue weighted by Gasteiger charge is -2.08. The van der Waals surface area contributed by atoms with Crippen molar-refractivity contribution in [2.45, 2.75) is 6.54 Å². The van der Waals surface area contributed by atoms with E-state index in [0.29, 0.717) is 11.3 Å². The Morgan fingerprint density at radius 1 is 1.00 bits per heavy atom. The van der Waals surface area contributed by atoms with Crippen molar-refractivity contribution in [1.29, 1.82) is 0 Å². The maximum absolute atomic E-state index is 13.1. The quantitative estimate of drug-likeness (QED) is 0.885. The van der Waals surface area contributed by atoms with Crippen LogP contribution in [0, 0.1) is 11.6 Å². The van der Waals surface area contributed by atoms with E-state index in [9.17, 15) is 13.9 Å². The summed E-state index contributed by atoms with van der Waals surface area (Å²) < 4.78 is 26.1. The predicted octanol–water partition coefficient (Wildman–Crippen LogP) is 3.94. The van der Waals surface area contributed by atoms with Crippen molar-refractivity contribution in [3.05, 3.63) is 58.6 Å². The molecule has 0 atom stereocenters. The maximum atomic E-state index is 13.1. The van der Waals surface area contributed by atoms with Crippen LogP contribution in [0.2, 0.25) is 5.02 Å². The molecular weight excluding hydrogens is 260 g/mol. The molecule has 0 aromatic heterocycles. The van der Waals surface area contributed by atoms with E-state index < -0.39 is 11.6 Å². The number of phenolic OH excluding ortho intramolecular Hbond substituents is 1. The Morgan fingerprint density at radius 3 is 2.39 bits per heavy atom. The standard InChI is InChI=1S/C13H10ClF2NO/c14-9-3-11(16)5-12(4-9)17-7-8-1-10(15)6-13(18)2-8/h1-6,17-18H,7H2. The molecule has 5 heteroatoms. The van der Waals surface area contributed by atoms with E-state index in [0.717, 1.165) is 6.07 Å². The third kappa shape index (κ3) is 3.34. The van der Waals surface area contributed by atoms with E-state index in [1.165, 1.54) is 24.3 Å². The summed E-state index contributed by atoms with van der Waals surface area (Å²) in [6, 6.07) is 7.77. The lowest BCUT2D eigenvalue weighted by atomic mass is 10.2. The van der Waals surface area contributed by atoms with Gasteiger partial charge >= 0.3 is 0 Å². The first-order valence-electron chi connectivity index (χ1n) is 5.21. The molecule has 0 aliphatic rings. The molecule has 0 heterocycles. The van der Waals surface area contributed by atoms with E-state index >= 15 is 0 Å². The topological polar surface area (TPSA) is 32.3 Å². The van der Waals surface area contributed by atoms with Crippen molar-refractivity contribution in [2.75, 3.05) is 5.32 Å². The molecule has 0 saturated carbocycles. The van der Waals surface area contributed by atoms with Crippen LogP contribution in [0.3, 0.4) is 0 Å². The number of nitrogens with one attached hydrogen (secondary N) is 1. The molecule has 2 N–H and O–H groups in total. The van der Waals surface area contributed by atoms with Gasteiger partial charge in [0.15, 0.2) is 0 Å². The first kappa shape index (κ1) is 12.6. The van der Waals surface area contributed by atoms with Crippen molar-refractivity contribution in [3.8, 4) is 5.75 Å². The number of phenols is 1. The Balaban J connectivity index is 2.11. The van der Waals surface area contributed by atoms with Gasteiger partial charge < -0.3 is 10.4 Å². The van der Waals surface area contributed by atoms with Crippen LogP contribution in [-0.2, 0) is 6.54 Å². The van der Waals surface area contributed by atoms with Gasteiger partial charge in [0, 0.05) is 23.3 Å². The molecule has 2 aromatic rings. The molecule has 2 aromatic carbocycles. The summed E-state index contributed by atoms with van der Waals surface area (Å²) in [5.74, 6) is -1.12. The zero-order valence-electron chi connectivity index (χ0n) is 9.25. The van der Waals surface area contributed by atoms with Crippen LogP contribution in [-0.4, -0.2) is 5.11 Å². The minimum absolute atomic E-state index is 0.149. The molecule has 0 unspecified atom stereocenters. The van der Waals surface area contributed by atoms with Crippen LogP contribution >= 0.6 is 11.6 Å². The molecule has 0 aliphatic heterocycles. The van der Waals surface area contributed by atoms with E-state index in [4.69, 9.17) is 11.6 Å². The molecular formula is C13H10ClF2NO. The number of anilines is 1. The van der Waals surface area contributed by atoms with Gasteiger partial charge in [-0.2, -0.15) is 0 Å². The molecule has 0 spiro atoms. The van der Waals surface area contributed by atoms with Crippen molar-refractivity contribution < 1.29 is 13.9 Å². The van der Waals surface area contributed by atoms with E-state index in [1.54, 1.807) is 6.07 Å². The van der Waals surface area contributed by atoms with E-state index in [2.05, 4.69) is 5.32 Å². The Bertz CT molecular complexity index is 483. The summed E-state index contributed by atoms with van der Waals surface area (Å²) in [6.07, 6.45) is 0. The molecule has 0 amide bonds. The van der Waals surface area contributed by atoms with Crippen LogP contribution in [0.25, 0.3) is 0 Å². The van der Waals surface area contributed by atoms with E-state index in [-0.39, 0.29) is 17.3 Å². The minimum Gasteiger partial charge on any atom is -0.508 e. The second-order valence-electron chi connectivity index (χ2n) is 3.83. The fraction of sp³-hybridized carbons (Fsp3) is 0.0769. The normalized spacial score (nSPS) is 10.4. The molecule has 0 fully saturated rings. The molecule has 0 saturated heterocycles. The van der Waals surface area contributed by atoms with Gasteiger partial charge in [-0.3, -0.25) is 0 Å². The van der Waals surface area contributed by atoms with Crippen LogP contribution in [0.1, 0.15) is 5.56 Å². The summed E-state index contributed by atoms with van der Waals surface area (Å²) in [4.78, 5) is 0. The fourth-order valence-corrected chi connectivity index (χ4v) is 1.82. The number of rotatable bonds is 3. The first-order valence-corrected chi connectivity index (χ1v) is 5.59. The summed E-state index contributed by atoms with van der Waals surface area (Å²) in [5.41, 5.74) is 1.04. The predicted molar refractivity (Wildman–Crippen MR) is 66.8 cm³/mol. The molecule has 0 aliphatic carbocycles. The third-order valence-corrected chi connectivity index (χ3v) is 2.52. The molecule has 18 heavy (non-hydrogen) atoms. The van der Waals surface area contributed by atoms with Crippen LogP contribution in [0.15, 0.2) is 36.4 Å². The molecule has 0 radical (unpaired) electrons. The highest BCUT2D eigenvalue weighted by molar-refractivity contribution is 6.30. The van der Waals surface area contributed by atoms with Crippen LogP contribution in [0.5, 0.6) is 5.75 Å². The number of hydrogen-bond acceptors (Lipinski definition) is 2. The highest BCUT2D eigenvalue weighted by Crippen LogP contribution is 2.20. The number of benzene rings is 2. The number of halogens is 3. The Labute approximate surface area is 108 Å². The lowest BCUT2D eigenvalue weighted by Crippen LogP contribution is -2.00. The largest absolute Gasteiger partial charge is 0.508 e. The van der Waals surface area contributed by atoms with E-state index in [1.807, 2.05) is 0 Å². The van der Waals surface area contributed by atoms with Gasteiger partial charge in [-0.05, 0) is 35.9 Å². The van der Waals surface area contributed by atoms with Gasteiger partial charge in [0.05, 0.1) is 0 Å².